The first-order valence-electron chi connectivity index (χ1n) is 14.0. The minimum atomic E-state index is 0.0705. The first-order valence-corrected chi connectivity index (χ1v) is 14.0. The summed E-state index contributed by atoms with van der Waals surface area (Å²) in [6.45, 7) is 4.16. The molecule has 4 nitrogen and oxygen atoms in total. The van der Waals surface area contributed by atoms with E-state index in [4.69, 9.17) is 0 Å². The molecule has 0 atom stereocenters. The van der Waals surface area contributed by atoms with Gasteiger partial charge in [0, 0.05) is 28.3 Å². The number of para-hydroxylation sites is 3. The van der Waals surface area contributed by atoms with Crippen LogP contribution in [0.4, 0.5) is 34.1 Å². The minimum absolute atomic E-state index is 0.0705. The van der Waals surface area contributed by atoms with E-state index in [0.29, 0.717) is 11.1 Å². The third kappa shape index (κ3) is 5.18. The molecule has 0 fully saturated rings. The van der Waals surface area contributed by atoms with Crippen LogP contribution in [0.1, 0.15) is 11.1 Å². The fraction of sp³-hybridized carbons (Fsp3) is 0.0526. The molecular weight excluding hydrogens is 516 g/mol. The summed E-state index contributed by atoms with van der Waals surface area (Å²) in [5.41, 5.74) is 8.69. The van der Waals surface area contributed by atoms with Crippen LogP contribution >= 0.6 is 0 Å². The van der Waals surface area contributed by atoms with Gasteiger partial charge < -0.3 is 20.0 Å². The quantitative estimate of drug-likeness (QED) is 0.208. The molecule has 206 valence electrons. The van der Waals surface area contributed by atoms with Crippen LogP contribution in [0.5, 0.6) is 11.5 Å². The molecule has 6 aromatic rings. The lowest BCUT2D eigenvalue weighted by molar-refractivity contribution is 0.469. The molecule has 6 rings (SSSR count). The summed E-state index contributed by atoms with van der Waals surface area (Å²) in [4.78, 5) is 4.37. The van der Waals surface area contributed by atoms with Gasteiger partial charge in [-0.15, -0.1) is 0 Å². The number of rotatable bonds is 7. The molecule has 0 aliphatic carbocycles. The van der Waals surface area contributed by atoms with Gasteiger partial charge in [0.2, 0.25) is 0 Å². The second-order valence-corrected chi connectivity index (χ2v) is 10.4. The second-order valence-electron chi connectivity index (χ2n) is 10.4. The Morgan fingerprint density at radius 2 is 0.929 bits per heavy atom. The van der Waals surface area contributed by atoms with Gasteiger partial charge in [-0.1, -0.05) is 78.9 Å². The van der Waals surface area contributed by atoms with E-state index < -0.39 is 0 Å². The predicted molar refractivity (Wildman–Crippen MR) is 174 cm³/mol. The van der Waals surface area contributed by atoms with Gasteiger partial charge in [-0.05, 0) is 91.7 Å². The molecule has 0 unspecified atom stereocenters. The molecule has 0 saturated heterocycles. The van der Waals surface area contributed by atoms with Gasteiger partial charge in [0.15, 0.2) is 0 Å². The first-order chi connectivity index (χ1) is 20.5. The third-order valence-electron chi connectivity index (χ3n) is 7.32. The highest BCUT2D eigenvalue weighted by Gasteiger charge is 2.28. The van der Waals surface area contributed by atoms with Crippen LogP contribution in [0.15, 0.2) is 146 Å². The zero-order valence-corrected chi connectivity index (χ0v) is 23.6. The maximum absolute atomic E-state index is 11.6. The number of anilines is 6. The number of aryl methyl sites for hydroxylation is 2. The number of aromatic hydroxyl groups is 2. The van der Waals surface area contributed by atoms with E-state index in [1.54, 1.807) is 18.2 Å². The van der Waals surface area contributed by atoms with Crippen LogP contribution < -0.4 is 9.80 Å². The van der Waals surface area contributed by atoms with Crippen LogP contribution in [0.3, 0.4) is 0 Å². The van der Waals surface area contributed by atoms with Gasteiger partial charge in [0.1, 0.15) is 11.5 Å². The molecule has 0 amide bonds. The summed E-state index contributed by atoms with van der Waals surface area (Å²) in [5, 5.41) is 22.7. The topological polar surface area (TPSA) is 46.9 Å². The monoisotopic (exact) mass is 548 g/mol. The molecule has 0 aliphatic heterocycles. The van der Waals surface area contributed by atoms with Gasteiger partial charge >= 0.3 is 0 Å². The van der Waals surface area contributed by atoms with Gasteiger partial charge in [0.25, 0.3) is 0 Å². The maximum atomic E-state index is 11.6. The van der Waals surface area contributed by atoms with Crippen molar-refractivity contribution in [2.75, 3.05) is 9.80 Å². The third-order valence-corrected chi connectivity index (χ3v) is 7.32. The summed E-state index contributed by atoms with van der Waals surface area (Å²) >= 11 is 0. The molecule has 2 N–H and O–H groups in total. The van der Waals surface area contributed by atoms with E-state index in [9.17, 15) is 10.2 Å². The maximum Gasteiger partial charge on any atom is 0.125 e. The summed E-state index contributed by atoms with van der Waals surface area (Å²) in [6, 6.07) is 47.9. The van der Waals surface area contributed by atoms with Crippen molar-refractivity contribution in [1.82, 2.24) is 0 Å². The first kappa shape index (κ1) is 26.7. The Balaban J connectivity index is 1.77. The van der Waals surface area contributed by atoms with E-state index in [1.165, 1.54) is 0 Å². The lowest BCUT2D eigenvalue weighted by atomic mass is 9.97. The highest BCUT2D eigenvalue weighted by molar-refractivity contribution is 6.02. The minimum Gasteiger partial charge on any atom is -0.507 e. The van der Waals surface area contributed by atoms with Crippen molar-refractivity contribution in [2.24, 2.45) is 0 Å². The van der Waals surface area contributed by atoms with Crippen molar-refractivity contribution in [1.29, 1.82) is 0 Å². The van der Waals surface area contributed by atoms with Crippen molar-refractivity contribution in [3.8, 4) is 22.6 Å². The Labute approximate surface area is 247 Å². The van der Waals surface area contributed by atoms with Crippen LogP contribution in [-0.4, -0.2) is 10.2 Å². The molecule has 6 aromatic carbocycles. The van der Waals surface area contributed by atoms with Crippen LogP contribution in [0.25, 0.3) is 11.1 Å². The SMILES string of the molecule is Cc1cccc(N(c2ccccc2)c2ccc(O)c(-c3ccccc3O)c2N(c2ccccc2)c2cccc(C)c2)c1. The molecule has 0 heterocycles. The summed E-state index contributed by atoms with van der Waals surface area (Å²) in [5.74, 6) is 0.159. The molecule has 0 radical (unpaired) electrons. The summed E-state index contributed by atoms with van der Waals surface area (Å²) in [7, 11) is 0. The highest BCUT2D eigenvalue weighted by Crippen LogP contribution is 2.54. The van der Waals surface area contributed by atoms with Crippen LogP contribution in [-0.2, 0) is 0 Å². The largest absolute Gasteiger partial charge is 0.507 e. The lowest BCUT2D eigenvalue weighted by Gasteiger charge is -2.35. The lowest BCUT2D eigenvalue weighted by Crippen LogP contribution is -2.18. The molecular formula is C38H32N2O2. The summed E-state index contributed by atoms with van der Waals surface area (Å²) in [6.07, 6.45) is 0. The second kappa shape index (κ2) is 11.6. The van der Waals surface area contributed by atoms with Crippen molar-refractivity contribution in [2.45, 2.75) is 13.8 Å². The average Bonchev–Trinajstić information content (AvgIpc) is 3.00. The van der Waals surface area contributed by atoms with Crippen molar-refractivity contribution >= 4 is 34.1 Å². The van der Waals surface area contributed by atoms with Crippen molar-refractivity contribution < 1.29 is 10.2 Å². The molecule has 0 aromatic heterocycles. The van der Waals surface area contributed by atoms with Gasteiger partial charge in [-0.2, -0.15) is 0 Å². The Bertz CT molecular complexity index is 1830. The number of hydrogen-bond acceptors (Lipinski definition) is 4. The molecule has 0 spiro atoms. The Kier molecular flexibility index (Phi) is 7.35. The molecule has 42 heavy (non-hydrogen) atoms. The number of phenolic OH excluding ortho intramolecular Hbond substituents is 2. The zero-order chi connectivity index (χ0) is 29.1. The van der Waals surface area contributed by atoms with E-state index in [-0.39, 0.29) is 11.5 Å². The van der Waals surface area contributed by atoms with E-state index in [1.807, 2.05) is 60.7 Å². The van der Waals surface area contributed by atoms with E-state index >= 15 is 0 Å². The van der Waals surface area contributed by atoms with Crippen molar-refractivity contribution in [3.63, 3.8) is 0 Å². The molecule has 4 heteroatoms. The highest BCUT2D eigenvalue weighted by atomic mass is 16.3. The molecule has 0 bridgehead atoms. The standard InChI is InChI=1S/C38H32N2O2/c1-27-13-11-19-31(25-27)39(29-15-5-3-6-16-29)34-23-24-36(42)37(33-21-9-10-22-35(33)41)38(34)40(30-17-7-4-8-18-30)32-20-12-14-28(2)26-32/h3-26,41-42H,1-2H3. The molecule has 0 aliphatic rings. The average molecular weight is 549 g/mol. The Morgan fingerprint density at radius 1 is 0.429 bits per heavy atom. The fourth-order valence-electron chi connectivity index (χ4n) is 5.45. The fourth-order valence-corrected chi connectivity index (χ4v) is 5.45. The Morgan fingerprint density at radius 3 is 1.50 bits per heavy atom. The van der Waals surface area contributed by atoms with E-state index in [2.05, 4.69) is 90.4 Å². The van der Waals surface area contributed by atoms with Crippen LogP contribution in [0, 0.1) is 13.8 Å². The number of phenols is 2. The normalized spacial score (nSPS) is 10.8. The van der Waals surface area contributed by atoms with E-state index in [0.717, 1.165) is 45.3 Å². The van der Waals surface area contributed by atoms with Gasteiger partial charge in [-0.25, -0.2) is 0 Å². The van der Waals surface area contributed by atoms with Crippen LogP contribution in [0.2, 0.25) is 0 Å². The predicted octanol–water partition coefficient (Wildman–Crippen LogP) is 10.3. The van der Waals surface area contributed by atoms with Crippen molar-refractivity contribution in [3.05, 3.63) is 157 Å². The number of nitrogens with zero attached hydrogens (tertiary/aromatic N) is 2. The summed E-state index contributed by atoms with van der Waals surface area (Å²) < 4.78 is 0. The Hall–Kier alpha value is -5.48. The molecule has 0 saturated carbocycles. The number of hydrogen-bond donors (Lipinski definition) is 2. The van der Waals surface area contributed by atoms with Gasteiger partial charge in [-0.3, -0.25) is 0 Å². The smallest absolute Gasteiger partial charge is 0.125 e. The number of benzene rings is 6. The zero-order valence-electron chi connectivity index (χ0n) is 23.6. The van der Waals surface area contributed by atoms with Gasteiger partial charge in [0.05, 0.1) is 16.9 Å².